The molecule has 0 aliphatic carbocycles. The number of carbonyl (C=O) groups is 1. The Morgan fingerprint density at radius 1 is 1.17 bits per heavy atom. The highest BCUT2D eigenvalue weighted by Crippen LogP contribution is 2.30. The molecule has 3 rings (SSSR count). The number of methoxy groups -OCH3 is 1. The van der Waals surface area contributed by atoms with Gasteiger partial charge in [0.05, 0.1) is 7.11 Å². The van der Waals surface area contributed by atoms with Crippen LogP contribution in [0.15, 0.2) is 54.6 Å². The molecular weight excluding hydrogens is 288 g/mol. The van der Waals surface area contributed by atoms with Crippen LogP contribution >= 0.6 is 0 Å². The van der Waals surface area contributed by atoms with Crippen molar-refractivity contribution in [1.82, 2.24) is 4.90 Å². The van der Waals surface area contributed by atoms with Gasteiger partial charge in [0.15, 0.2) is 0 Å². The van der Waals surface area contributed by atoms with Gasteiger partial charge in [-0.2, -0.15) is 0 Å². The normalized spacial score (nSPS) is 19.0. The first kappa shape index (κ1) is 15.6. The first-order valence-corrected chi connectivity index (χ1v) is 7.88. The molecule has 0 saturated carbocycles. The van der Waals surface area contributed by atoms with Crippen LogP contribution in [0, 0.1) is 5.92 Å². The van der Waals surface area contributed by atoms with Crippen molar-refractivity contribution in [3.05, 3.63) is 65.7 Å². The molecule has 2 aromatic carbocycles. The Labute approximate surface area is 136 Å². The zero-order chi connectivity index (χ0) is 16.2. The second-order valence-corrected chi connectivity index (χ2v) is 6.02. The second-order valence-electron chi connectivity index (χ2n) is 6.02. The molecule has 1 amide bonds. The first-order chi connectivity index (χ1) is 11.2. The third-order valence-electron chi connectivity index (χ3n) is 4.47. The summed E-state index contributed by atoms with van der Waals surface area (Å²) in [6.45, 7) is 1.37. The van der Waals surface area contributed by atoms with Crippen LogP contribution in [0.4, 0.5) is 0 Å². The van der Waals surface area contributed by atoms with Crippen LogP contribution in [0.5, 0.6) is 5.75 Å². The molecule has 2 aromatic rings. The maximum absolute atomic E-state index is 12.3. The minimum Gasteiger partial charge on any atom is -0.497 e. The maximum atomic E-state index is 12.3. The van der Waals surface area contributed by atoms with E-state index >= 15 is 0 Å². The zero-order valence-electron chi connectivity index (χ0n) is 13.3. The molecule has 1 saturated heterocycles. The molecule has 0 spiro atoms. The number of amides is 1. The van der Waals surface area contributed by atoms with E-state index in [4.69, 9.17) is 10.5 Å². The number of hydrogen-bond acceptors (Lipinski definition) is 3. The summed E-state index contributed by atoms with van der Waals surface area (Å²) in [5.41, 5.74) is 8.59. The molecule has 4 heteroatoms. The number of rotatable bonds is 5. The van der Waals surface area contributed by atoms with Gasteiger partial charge in [0, 0.05) is 31.5 Å². The summed E-state index contributed by atoms with van der Waals surface area (Å²) in [6.07, 6.45) is 0.514. The third-order valence-corrected chi connectivity index (χ3v) is 4.47. The molecule has 4 nitrogen and oxygen atoms in total. The van der Waals surface area contributed by atoms with Gasteiger partial charge in [-0.1, -0.05) is 42.5 Å². The molecule has 1 aliphatic heterocycles. The van der Waals surface area contributed by atoms with E-state index in [2.05, 4.69) is 0 Å². The Balaban J connectivity index is 1.66. The van der Waals surface area contributed by atoms with Crippen molar-refractivity contribution in [2.75, 3.05) is 13.7 Å². The molecule has 1 fully saturated rings. The number of likely N-dealkylation sites (tertiary alicyclic amines) is 1. The Kier molecular flexibility index (Phi) is 4.63. The predicted octanol–water partition coefficient (Wildman–Crippen LogP) is 2.74. The fourth-order valence-corrected chi connectivity index (χ4v) is 3.10. The average molecular weight is 310 g/mol. The summed E-state index contributed by atoms with van der Waals surface area (Å²) in [6, 6.07) is 17.7. The summed E-state index contributed by atoms with van der Waals surface area (Å²) in [4.78, 5) is 14.2. The van der Waals surface area contributed by atoms with Gasteiger partial charge in [-0.25, -0.2) is 0 Å². The van der Waals surface area contributed by atoms with Crippen molar-refractivity contribution >= 4 is 5.91 Å². The minimum atomic E-state index is -0.134. The van der Waals surface area contributed by atoms with Crippen LogP contribution in [0.2, 0.25) is 0 Å². The van der Waals surface area contributed by atoms with Crippen LogP contribution < -0.4 is 10.5 Å². The summed E-state index contributed by atoms with van der Waals surface area (Å²) >= 11 is 0. The fraction of sp³-hybridized carbons (Fsp3) is 0.316. The van der Waals surface area contributed by atoms with E-state index < -0.39 is 0 Å². The highest BCUT2D eigenvalue weighted by molar-refractivity contribution is 5.78. The van der Waals surface area contributed by atoms with Gasteiger partial charge >= 0.3 is 0 Å². The fourth-order valence-electron chi connectivity index (χ4n) is 3.10. The summed E-state index contributed by atoms with van der Waals surface area (Å²) in [5.74, 6) is 1.15. The van der Waals surface area contributed by atoms with Crippen molar-refractivity contribution < 1.29 is 9.53 Å². The smallest absolute Gasteiger partial charge is 0.223 e. The molecule has 0 bridgehead atoms. The number of nitrogens with two attached hydrogens (primary N) is 1. The second kappa shape index (κ2) is 6.84. The van der Waals surface area contributed by atoms with Crippen LogP contribution in [-0.4, -0.2) is 24.5 Å². The highest BCUT2D eigenvalue weighted by Gasteiger charge is 2.33. The summed E-state index contributed by atoms with van der Waals surface area (Å²) in [5, 5.41) is 0. The van der Waals surface area contributed by atoms with Crippen molar-refractivity contribution in [2.45, 2.75) is 19.0 Å². The van der Waals surface area contributed by atoms with Crippen LogP contribution in [0.1, 0.15) is 23.6 Å². The number of hydrogen-bond donors (Lipinski definition) is 1. The standard InChI is InChI=1S/C19H22N2O2/c1-23-17-9-7-15(8-10-17)19(20)16-11-18(22)21(13-16)12-14-5-3-2-4-6-14/h2-10,16,19H,11-13,20H2,1H3. The molecule has 1 heterocycles. The topological polar surface area (TPSA) is 55.6 Å². The van der Waals surface area contributed by atoms with E-state index in [0.717, 1.165) is 16.9 Å². The molecule has 1 aliphatic rings. The molecule has 0 aromatic heterocycles. The monoisotopic (exact) mass is 310 g/mol. The summed E-state index contributed by atoms with van der Waals surface area (Å²) < 4.78 is 5.17. The molecule has 0 radical (unpaired) electrons. The quantitative estimate of drug-likeness (QED) is 0.924. The Morgan fingerprint density at radius 2 is 1.87 bits per heavy atom. The van der Waals surface area contributed by atoms with Crippen molar-refractivity contribution in [3.8, 4) is 5.75 Å². The third kappa shape index (κ3) is 3.54. The molecule has 2 unspecified atom stereocenters. The van der Waals surface area contributed by atoms with Gasteiger partial charge in [0.2, 0.25) is 5.91 Å². The Bertz CT molecular complexity index is 655. The number of nitrogens with zero attached hydrogens (tertiary/aromatic N) is 1. The molecule has 23 heavy (non-hydrogen) atoms. The lowest BCUT2D eigenvalue weighted by molar-refractivity contribution is -0.128. The first-order valence-electron chi connectivity index (χ1n) is 7.88. The average Bonchev–Trinajstić information content (AvgIpc) is 2.96. The van der Waals surface area contributed by atoms with Crippen molar-refractivity contribution in [3.63, 3.8) is 0 Å². The SMILES string of the molecule is COc1ccc(C(N)C2CC(=O)N(Cc3ccccc3)C2)cc1. The minimum absolute atomic E-state index is 0.134. The van der Waals surface area contributed by atoms with E-state index in [1.165, 1.54) is 0 Å². The lowest BCUT2D eigenvalue weighted by Gasteiger charge is -2.21. The van der Waals surface area contributed by atoms with Gasteiger partial charge in [0.25, 0.3) is 0 Å². The Hall–Kier alpha value is -2.33. The van der Waals surface area contributed by atoms with Crippen molar-refractivity contribution in [2.24, 2.45) is 11.7 Å². The van der Waals surface area contributed by atoms with E-state index in [9.17, 15) is 4.79 Å². The number of carbonyl (C=O) groups excluding carboxylic acids is 1. The molecule has 2 atom stereocenters. The zero-order valence-corrected chi connectivity index (χ0v) is 13.3. The van der Waals surface area contributed by atoms with Gasteiger partial charge in [0.1, 0.15) is 5.75 Å². The van der Waals surface area contributed by atoms with E-state index in [0.29, 0.717) is 19.5 Å². The molecule has 120 valence electrons. The van der Waals surface area contributed by atoms with Crippen LogP contribution in [0.25, 0.3) is 0 Å². The van der Waals surface area contributed by atoms with Crippen molar-refractivity contribution in [1.29, 1.82) is 0 Å². The number of benzene rings is 2. The lowest BCUT2D eigenvalue weighted by Crippen LogP contribution is -2.27. The van der Waals surface area contributed by atoms with Gasteiger partial charge in [-0.15, -0.1) is 0 Å². The maximum Gasteiger partial charge on any atom is 0.223 e. The van der Waals surface area contributed by atoms with E-state index in [1.54, 1.807) is 7.11 Å². The highest BCUT2D eigenvalue weighted by atomic mass is 16.5. The molecule has 2 N–H and O–H groups in total. The predicted molar refractivity (Wildman–Crippen MR) is 89.9 cm³/mol. The van der Waals surface area contributed by atoms with Gasteiger partial charge < -0.3 is 15.4 Å². The largest absolute Gasteiger partial charge is 0.497 e. The van der Waals surface area contributed by atoms with Crippen LogP contribution in [-0.2, 0) is 11.3 Å². The molecular formula is C19H22N2O2. The van der Waals surface area contributed by atoms with Gasteiger partial charge in [-0.05, 0) is 23.3 Å². The van der Waals surface area contributed by atoms with Crippen LogP contribution in [0.3, 0.4) is 0 Å². The Morgan fingerprint density at radius 3 is 2.52 bits per heavy atom. The summed E-state index contributed by atoms with van der Waals surface area (Å²) in [7, 11) is 1.64. The lowest BCUT2D eigenvalue weighted by atomic mass is 9.93. The van der Waals surface area contributed by atoms with Gasteiger partial charge in [-0.3, -0.25) is 4.79 Å². The van der Waals surface area contributed by atoms with E-state index in [-0.39, 0.29) is 17.9 Å². The van der Waals surface area contributed by atoms with E-state index in [1.807, 2.05) is 59.5 Å². The number of ether oxygens (including phenoxy) is 1.